The Morgan fingerprint density at radius 3 is 2.57 bits per heavy atom. The number of thiazole rings is 1. The van der Waals surface area contributed by atoms with Gasteiger partial charge in [0.2, 0.25) is 0 Å². The van der Waals surface area contributed by atoms with Gasteiger partial charge in [-0.25, -0.2) is 4.98 Å². The zero-order valence-electron chi connectivity index (χ0n) is 13.1. The number of aromatic nitrogens is 1. The number of aryl methyl sites for hydroxylation is 1. The largest absolute Gasteiger partial charge is 0.493 e. The zero-order valence-corrected chi connectivity index (χ0v) is 13.9. The Labute approximate surface area is 131 Å². The summed E-state index contributed by atoms with van der Waals surface area (Å²) in [6.45, 7) is 8.08. The molecule has 0 spiro atoms. The summed E-state index contributed by atoms with van der Waals surface area (Å²) in [4.78, 5) is 5.57. The topological polar surface area (TPSA) is 34.1 Å². The van der Waals surface area contributed by atoms with Crippen molar-refractivity contribution in [2.24, 2.45) is 0 Å². The van der Waals surface area contributed by atoms with Gasteiger partial charge in [-0.2, -0.15) is 0 Å². The van der Waals surface area contributed by atoms with Crippen LogP contribution in [0, 0.1) is 6.92 Å². The molecule has 0 aliphatic heterocycles. The van der Waals surface area contributed by atoms with E-state index in [2.05, 4.69) is 48.4 Å². The second-order valence-corrected chi connectivity index (χ2v) is 5.99. The van der Waals surface area contributed by atoms with Gasteiger partial charge in [-0.05, 0) is 37.6 Å². The molecule has 1 N–H and O–H groups in total. The molecule has 0 aliphatic rings. The van der Waals surface area contributed by atoms with Crippen molar-refractivity contribution in [3.8, 4) is 5.75 Å². The molecule has 0 saturated carbocycles. The van der Waals surface area contributed by atoms with Crippen LogP contribution in [0.3, 0.4) is 0 Å². The average molecular weight is 304 g/mol. The van der Waals surface area contributed by atoms with Crippen LogP contribution >= 0.6 is 11.3 Å². The lowest BCUT2D eigenvalue weighted by Crippen LogP contribution is -2.19. The summed E-state index contributed by atoms with van der Waals surface area (Å²) in [6.07, 6.45) is 2.02. The summed E-state index contributed by atoms with van der Waals surface area (Å²) >= 11 is 1.70. The summed E-state index contributed by atoms with van der Waals surface area (Å²) in [7, 11) is 0. The number of hydrogen-bond acceptors (Lipinski definition) is 4. The summed E-state index contributed by atoms with van der Waals surface area (Å²) in [6, 6.07) is 8.88. The summed E-state index contributed by atoms with van der Waals surface area (Å²) in [5.41, 5.74) is 4.34. The number of nitrogens with one attached hydrogen (secondary N) is 1. The minimum absolute atomic E-state index is 0.434. The Balaban J connectivity index is 1.86. The van der Waals surface area contributed by atoms with Gasteiger partial charge in [-0.1, -0.05) is 26.0 Å². The number of benzene rings is 1. The molecule has 0 fully saturated rings. The van der Waals surface area contributed by atoms with Crippen LogP contribution in [-0.2, 0) is 6.42 Å². The first-order valence-electron chi connectivity index (χ1n) is 7.59. The van der Waals surface area contributed by atoms with Gasteiger partial charge >= 0.3 is 0 Å². The normalized spacial score (nSPS) is 12.3. The van der Waals surface area contributed by atoms with Crippen LogP contribution < -0.4 is 10.1 Å². The van der Waals surface area contributed by atoms with Crippen LogP contribution in [0.15, 0.2) is 29.8 Å². The fraction of sp³-hybridized carbons (Fsp3) is 0.471. The van der Waals surface area contributed by atoms with E-state index in [9.17, 15) is 0 Å². The minimum atomic E-state index is 0.434. The van der Waals surface area contributed by atoms with Crippen LogP contribution in [-0.4, -0.2) is 18.1 Å². The van der Waals surface area contributed by atoms with Crippen molar-refractivity contribution < 1.29 is 4.74 Å². The molecule has 0 radical (unpaired) electrons. The zero-order chi connectivity index (χ0) is 15.1. The SMILES string of the molecule is CCNC(CC)c1ccc(OCCc2scnc2C)cc1. The second kappa shape index (κ2) is 8.15. The average Bonchev–Trinajstić information content (AvgIpc) is 2.91. The van der Waals surface area contributed by atoms with E-state index in [0.717, 1.165) is 30.8 Å². The van der Waals surface area contributed by atoms with Gasteiger partial charge in [-0.15, -0.1) is 11.3 Å². The van der Waals surface area contributed by atoms with Crippen LogP contribution in [0.4, 0.5) is 0 Å². The Kier molecular flexibility index (Phi) is 6.21. The predicted octanol–water partition coefficient (Wildman–Crippen LogP) is 4.13. The van der Waals surface area contributed by atoms with Crippen LogP contribution in [0.2, 0.25) is 0 Å². The molecule has 0 bridgehead atoms. The maximum absolute atomic E-state index is 5.82. The van der Waals surface area contributed by atoms with Crippen molar-refractivity contribution in [3.05, 3.63) is 45.9 Å². The van der Waals surface area contributed by atoms with Gasteiger partial charge in [-0.3, -0.25) is 0 Å². The van der Waals surface area contributed by atoms with E-state index in [4.69, 9.17) is 4.74 Å². The van der Waals surface area contributed by atoms with Gasteiger partial charge in [0.25, 0.3) is 0 Å². The molecule has 0 aliphatic carbocycles. The summed E-state index contributed by atoms with van der Waals surface area (Å²) < 4.78 is 5.82. The highest BCUT2D eigenvalue weighted by molar-refractivity contribution is 7.09. The minimum Gasteiger partial charge on any atom is -0.493 e. The first kappa shape index (κ1) is 16.0. The van der Waals surface area contributed by atoms with Gasteiger partial charge in [0, 0.05) is 17.3 Å². The molecule has 1 unspecified atom stereocenters. The molecule has 0 saturated heterocycles. The molecule has 0 amide bonds. The van der Waals surface area contributed by atoms with E-state index in [-0.39, 0.29) is 0 Å². The highest BCUT2D eigenvalue weighted by atomic mass is 32.1. The molecule has 2 aromatic rings. The lowest BCUT2D eigenvalue weighted by Gasteiger charge is -2.16. The lowest BCUT2D eigenvalue weighted by atomic mass is 10.0. The van der Waals surface area contributed by atoms with E-state index in [1.54, 1.807) is 11.3 Å². The molecule has 1 aromatic carbocycles. The molecular formula is C17H24N2OS. The third-order valence-corrected chi connectivity index (χ3v) is 4.58. The number of ether oxygens (including phenoxy) is 1. The maximum atomic E-state index is 5.82. The quantitative estimate of drug-likeness (QED) is 0.796. The van der Waals surface area contributed by atoms with Crippen molar-refractivity contribution in [1.29, 1.82) is 0 Å². The summed E-state index contributed by atoms with van der Waals surface area (Å²) in [5.74, 6) is 0.937. The van der Waals surface area contributed by atoms with E-state index in [1.165, 1.54) is 10.4 Å². The molecule has 114 valence electrons. The monoisotopic (exact) mass is 304 g/mol. The molecule has 1 atom stereocenters. The van der Waals surface area contributed by atoms with Gasteiger partial charge in [0.05, 0.1) is 17.8 Å². The van der Waals surface area contributed by atoms with Crippen LogP contribution in [0.5, 0.6) is 5.75 Å². The number of rotatable bonds is 8. The molecule has 3 nitrogen and oxygen atoms in total. The third-order valence-electron chi connectivity index (χ3n) is 3.58. The molecule has 2 rings (SSSR count). The third kappa shape index (κ3) is 4.55. The van der Waals surface area contributed by atoms with Crippen molar-refractivity contribution in [3.63, 3.8) is 0 Å². The Bertz CT molecular complexity index is 536. The molecule has 21 heavy (non-hydrogen) atoms. The van der Waals surface area contributed by atoms with Crippen LogP contribution in [0.1, 0.15) is 42.4 Å². The van der Waals surface area contributed by atoms with Crippen molar-refractivity contribution >= 4 is 11.3 Å². The molecule has 4 heteroatoms. The predicted molar refractivity (Wildman–Crippen MR) is 89.2 cm³/mol. The first-order valence-corrected chi connectivity index (χ1v) is 8.47. The second-order valence-electron chi connectivity index (χ2n) is 5.05. The van der Waals surface area contributed by atoms with Gasteiger partial charge < -0.3 is 10.1 Å². The summed E-state index contributed by atoms with van der Waals surface area (Å²) in [5, 5.41) is 3.49. The number of hydrogen-bond donors (Lipinski definition) is 1. The highest BCUT2D eigenvalue weighted by Gasteiger charge is 2.07. The van der Waals surface area contributed by atoms with E-state index in [0.29, 0.717) is 12.6 Å². The van der Waals surface area contributed by atoms with E-state index >= 15 is 0 Å². The standard InChI is InChI=1S/C17H24N2OS/c1-4-16(18-5-2)14-6-8-15(9-7-14)20-11-10-17-13(3)19-12-21-17/h6-9,12,16,18H,4-5,10-11H2,1-3H3. The van der Waals surface area contributed by atoms with Crippen molar-refractivity contribution in [1.82, 2.24) is 10.3 Å². The Morgan fingerprint density at radius 1 is 1.24 bits per heavy atom. The lowest BCUT2D eigenvalue weighted by molar-refractivity contribution is 0.322. The molecule has 1 aromatic heterocycles. The number of nitrogens with zero attached hydrogens (tertiary/aromatic N) is 1. The smallest absolute Gasteiger partial charge is 0.119 e. The van der Waals surface area contributed by atoms with Crippen molar-refractivity contribution in [2.75, 3.05) is 13.2 Å². The van der Waals surface area contributed by atoms with Gasteiger partial charge in [0.1, 0.15) is 5.75 Å². The van der Waals surface area contributed by atoms with E-state index < -0.39 is 0 Å². The fourth-order valence-electron chi connectivity index (χ4n) is 2.37. The van der Waals surface area contributed by atoms with Gasteiger partial charge in [0.15, 0.2) is 0 Å². The van der Waals surface area contributed by atoms with Crippen molar-refractivity contribution in [2.45, 2.75) is 39.7 Å². The van der Waals surface area contributed by atoms with E-state index in [1.807, 2.05) is 12.4 Å². The van der Waals surface area contributed by atoms with Crippen LogP contribution in [0.25, 0.3) is 0 Å². The first-order chi connectivity index (χ1) is 10.2. The molecule has 1 heterocycles. The fourth-order valence-corrected chi connectivity index (χ4v) is 3.13. The molecular weight excluding hydrogens is 280 g/mol. The highest BCUT2D eigenvalue weighted by Crippen LogP contribution is 2.20. The maximum Gasteiger partial charge on any atom is 0.119 e. The Hall–Kier alpha value is -1.39. The Morgan fingerprint density at radius 2 is 2.00 bits per heavy atom.